The number of para-hydroxylation sites is 1. The minimum absolute atomic E-state index is 0.113. The molecular formula is C24H25ClN6O8P2. The summed E-state index contributed by atoms with van der Waals surface area (Å²) in [5, 5.41) is 26.5. The van der Waals surface area contributed by atoms with Gasteiger partial charge < -0.3 is 39.9 Å². The molecule has 0 saturated carbocycles. The zero-order valence-corrected chi connectivity index (χ0v) is 23.6. The summed E-state index contributed by atoms with van der Waals surface area (Å²) >= 11 is 6.24. The molecule has 5 aromatic rings. The van der Waals surface area contributed by atoms with Crippen molar-refractivity contribution in [3.63, 3.8) is 0 Å². The molecule has 3 unspecified atom stereocenters. The first-order valence-electron chi connectivity index (χ1n) is 12.4. The Hall–Kier alpha value is -2.90. The Labute approximate surface area is 236 Å². The van der Waals surface area contributed by atoms with Crippen molar-refractivity contribution in [1.82, 2.24) is 24.5 Å². The molecule has 0 spiro atoms. The lowest BCUT2D eigenvalue weighted by atomic mass is 10.1. The summed E-state index contributed by atoms with van der Waals surface area (Å²) in [5.74, 6) is -0.888. The van der Waals surface area contributed by atoms with Crippen LogP contribution in [0.4, 0.5) is 11.5 Å². The van der Waals surface area contributed by atoms with Gasteiger partial charge in [0.2, 0.25) is 12.7 Å². The maximum absolute atomic E-state index is 12.2. The Morgan fingerprint density at radius 1 is 1.02 bits per heavy atom. The molecule has 41 heavy (non-hydrogen) atoms. The standard InChI is InChI=1S/C24H25ClN6O8P2/c25-24-29-21(27-12-5-6-16-14(9-12)13-3-1-2-4-15(13)28-16)18-22(30-24)31(10-26-18)23-20(33)19(32)17(39-23)7-8-40(34,35)11-41(36,37)38/h1-6,9-10,17,19-20,23,28,32-33H,7-8,11H2,(H,34,35)(H,27,29,30)(H2,36,37,38)/t17-,19?,20?,23-/m1/s1. The molecule has 1 aliphatic heterocycles. The van der Waals surface area contributed by atoms with E-state index in [0.717, 1.165) is 21.8 Å². The number of benzene rings is 2. The monoisotopic (exact) mass is 622 g/mol. The fourth-order valence-electron chi connectivity index (χ4n) is 5.11. The normalized spacial score (nSPS) is 23.0. The van der Waals surface area contributed by atoms with Gasteiger partial charge in [0.25, 0.3) is 0 Å². The van der Waals surface area contributed by atoms with Crippen LogP contribution in [0.3, 0.4) is 0 Å². The third kappa shape index (κ3) is 5.63. The summed E-state index contributed by atoms with van der Waals surface area (Å²) < 4.78 is 30.6. The van der Waals surface area contributed by atoms with Crippen LogP contribution in [-0.4, -0.2) is 79.8 Å². The summed E-state index contributed by atoms with van der Waals surface area (Å²) in [6.45, 7) is 0. The fraction of sp³-hybridized carbons (Fsp3) is 0.292. The molecule has 17 heteroatoms. The Balaban J connectivity index is 1.26. The van der Waals surface area contributed by atoms with Gasteiger partial charge in [-0.3, -0.25) is 13.7 Å². The molecule has 5 atom stereocenters. The van der Waals surface area contributed by atoms with Crippen LogP contribution in [0.15, 0.2) is 48.8 Å². The third-order valence-corrected chi connectivity index (χ3v) is 11.3. The predicted molar refractivity (Wildman–Crippen MR) is 152 cm³/mol. The van der Waals surface area contributed by atoms with Crippen LogP contribution < -0.4 is 5.32 Å². The topological polar surface area (TPSA) is 216 Å². The number of anilines is 2. The molecule has 1 saturated heterocycles. The van der Waals surface area contributed by atoms with Gasteiger partial charge in [0, 0.05) is 33.7 Å². The molecule has 6 rings (SSSR count). The molecule has 0 bridgehead atoms. The fourth-order valence-corrected chi connectivity index (χ4v) is 8.80. The number of aromatic nitrogens is 5. The predicted octanol–water partition coefficient (Wildman–Crippen LogP) is 3.27. The van der Waals surface area contributed by atoms with Crippen molar-refractivity contribution < 1.29 is 38.8 Å². The van der Waals surface area contributed by atoms with E-state index < -0.39 is 51.6 Å². The zero-order chi connectivity index (χ0) is 29.1. The second-order valence-electron chi connectivity index (χ2n) is 9.93. The van der Waals surface area contributed by atoms with Gasteiger partial charge >= 0.3 is 7.60 Å². The maximum Gasteiger partial charge on any atom is 0.335 e. The van der Waals surface area contributed by atoms with Crippen LogP contribution in [0, 0.1) is 0 Å². The van der Waals surface area contributed by atoms with E-state index in [2.05, 4.69) is 25.3 Å². The van der Waals surface area contributed by atoms with Crippen molar-refractivity contribution in [2.24, 2.45) is 0 Å². The van der Waals surface area contributed by atoms with Crippen molar-refractivity contribution in [3.8, 4) is 0 Å². The van der Waals surface area contributed by atoms with Crippen molar-refractivity contribution in [3.05, 3.63) is 54.1 Å². The lowest BCUT2D eigenvalue weighted by molar-refractivity contribution is -0.0354. The molecule has 7 N–H and O–H groups in total. The van der Waals surface area contributed by atoms with Gasteiger partial charge in [-0.15, -0.1) is 0 Å². The van der Waals surface area contributed by atoms with Gasteiger partial charge in [-0.1, -0.05) is 18.2 Å². The summed E-state index contributed by atoms with van der Waals surface area (Å²) in [5.41, 5.74) is 3.19. The maximum atomic E-state index is 12.2. The van der Waals surface area contributed by atoms with Gasteiger partial charge in [0.15, 0.2) is 23.2 Å². The number of aliphatic hydroxyl groups is 2. The van der Waals surface area contributed by atoms with Crippen LogP contribution >= 0.6 is 26.6 Å². The first-order chi connectivity index (χ1) is 19.4. The highest BCUT2D eigenvalue weighted by atomic mass is 35.5. The molecule has 0 amide bonds. The second kappa shape index (κ2) is 10.4. The molecule has 1 aliphatic rings. The Bertz CT molecular complexity index is 1880. The highest BCUT2D eigenvalue weighted by Gasteiger charge is 2.45. The van der Waals surface area contributed by atoms with E-state index in [0.29, 0.717) is 17.0 Å². The van der Waals surface area contributed by atoms with E-state index >= 15 is 0 Å². The van der Waals surface area contributed by atoms with E-state index in [-0.39, 0.29) is 17.4 Å². The Morgan fingerprint density at radius 2 is 1.78 bits per heavy atom. The average molecular weight is 623 g/mol. The first kappa shape index (κ1) is 28.2. The Morgan fingerprint density at radius 3 is 2.56 bits per heavy atom. The molecule has 216 valence electrons. The zero-order valence-electron chi connectivity index (χ0n) is 21.1. The van der Waals surface area contributed by atoms with Crippen molar-refractivity contribution in [2.75, 3.05) is 17.4 Å². The highest BCUT2D eigenvalue weighted by Crippen LogP contribution is 2.55. The van der Waals surface area contributed by atoms with Crippen LogP contribution in [0.5, 0.6) is 0 Å². The van der Waals surface area contributed by atoms with Gasteiger partial charge in [-0.05, 0) is 42.3 Å². The number of nitrogens with zero attached hydrogens (tertiary/aromatic N) is 4. The van der Waals surface area contributed by atoms with E-state index in [1.165, 1.54) is 10.9 Å². The van der Waals surface area contributed by atoms with Gasteiger partial charge in [0.1, 0.15) is 18.1 Å². The summed E-state index contributed by atoms with van der Waals surface area (Å²) in [4.78, 5) is 44.3. The third-order valence-electron chi connectivity index (χ3n) is 6.94. The van der Waals surface area contributed by atoms with Crippen molar-refractivity contribution in [2.45, 2.75) is 31.0 Å². The first-order valence-corrected chi connectivity index (χ1v) is 16.6. The van der Waals surface area contributed by atoms with Crippen LogP contribution in [-0.2, 0) is 13.9 Å². The molecular weight excluding hydrogens is 598 g/mol. The number of hydrogen-bond acceptors (Lipinski definition) is 9. The number of nitrogens with one attached hydrogen (secondary N) is 2. The second-order valence-corrected chi connectivity index (χ2v) is 14.9. The number of imidazole rings is 1. The van der Waals surface area contributed by atoms with E-state index in [1.54, 1.807) is 0 Å². The van der Waals surface area contributed by atoms with E-state index in [1.807, 2.05) is 42.5 Å². The summed E-state index contributed by atoms with van der Waals surface area (Å²) in [6, 6.07) is 13.7. The largest absolute Gasteiger partial charge is 0.388 e. The molecule has 1 fully saturated rings. The molecule has 0 aliphatic carbocycles. The average Bonchev–Trinajstić information content (AvgIpc) is 3.55. The quantitative estimate of drug-likeness (QED) is 0.0980. The van der Waals surface area contributed by atoms with E-state index in [9.17, 15) is 24.2 Å². The lowest BCUT2D eigenvalue weighted by Crippen LogP contribution is -2.32. The number of aromatic amines is 1. The number of ether oxygens (including phenoxy) is 1. The number of hydrogen-bond donors (Lipinski definition) is 7. The smallest absolute Gasteiger partial charge is 0.335 e. The number of rotatable bonds is 8. The van der Waals surface area contributed by atoms with Crippen LogP contribution in [0.1, 0.15) is 12.6 Å². The van der Waals surface area contributed by atoms with E-state index in [4.69, 9.17) is 26.1 Å². The van der Waals surface area contributed by atoms with Gasteiger partial charge in [-0.2, -0.15) is 9.97 Å². The van der Waals surface area contributed by atoms with Crippen LogP contribution in [0.2, 0.25) is 5.28 Å². The molecule has 0 radical (unpaired) electrons. The minimum Gasteiger partial charge on any atom is -0.388 e. The van der Waals surface area contributed by atoms with Crippen molar-refractivity contribution in [1.29, 1.82) is 0 Å². The molecule has 14 nitrogen and oxygen atoms in total. The highest BCUT2D eigenvalue weighted by molar-refractivity contribution is 7.72. The Kier molecular flexibility index (Phi) is 7.18. The molecule has 4 heterocycles. The van der Waals surface area contributed by atoms with Gasteiger partial charge in [0.05, 0.1) is 12.4 Å². The van der Waals surface area contributed by atoms with Gasteiger partial charge in [-0.25, -0.2) is 4.98 Å². The number of aliphatic hydroxyl groups excluding tert-OH is 2. The SMILES string of the molecule is O=P(O)(O)CP(=O)(O)CC[C@H]1O[C@@H](n2cnc3c(Nc4ccc5[nH]c6ccccc6c5c4)nc(Cl)nc32)C(O)C1O. The lowest BCUT2D eigenvalue weighted by Gasteiger charge is -2.18. The number of H-pyrrole nitrogens is 1. The minimum atomic E-state index is -4.72. The van der Waals surface area contributed by atoms with Crippen LogP contribution in [0.25, 0.3) is 33.0 Å². The summed E-state index contributed by atoms with van der Waals surface area (Å²) in [6.07, 6.45) is -4.60. The molecule has 2 aromatic carbocycles. The molecule has 3 aromatic heterocycles. The van der Waals surface area contributed by atoms with Crippen molar-refractivity contribution >= 4 is 71.0 Å². The number of fused-ring (bicyclic) bond motifs is 4. The number of halogens is 1. The summed E-state index contributed by atoms with van der Waals surface area (Å²) in [7, 11) is -8.93.